The zero-order valence-corrected chi connectivity index (χ0v) is 11.4. The number of hydrogen-bond donors (Lipinski definition) is 3. The Labute approximate surface area is 116 Å². The van der Waals surface area contributed by atoms with Crippen molar-refractivity contribution in [2.75, 3.05) is 23.7 Å². The minimum absolute atomic E-state index is 0.00930. The number of nitrogens with one attached hydrogen (secondary N) is 3. The zero-order chi connectivity index (χ0) is 13.8. The van der Waals surface area contributed by atoms with E-state index < -0.39 is 0 Å². The summed E-state index contributed by atoms with van der Waals surface area (Å²) in [5, 5.41) is 9.00. The Morgan fingerprint density at radius 2 is 2.11 bits per heavy atom. The number of amides is 2. The summed E-state index contributed by atoms with van der Waals surface area (Å²) in [5.74, 6) is -0.146. The lowest BCUT2D eigenvalue weighted by atomic mass is 10.0. The lowest BCUT2D eigenvalue weighted by molar-refractivity contribution is -0.121. The molecule has 0 radical (unpaired) electrons. The van der Waals surface area contributed by atoms with Gasteiger partial charge in [0.05, 0.1) is 16.6 Å². The molecule has 1 fully saturated rings. The first-order valence-corrected chi connectivity index (χ1v) is 6.59. The van der Waals surface area contributed by atoms with Crippen molar-refractivity contribution in [3.05, 3.63) is 23.2 Å². The van der Waals surface area contributed by atoms with Crippen LogP contribution in [0, 0.1) is 5.92 Å². The molecule has 102 valence electrons. The third-order valence-corrected chi connectivity index (χ3v) is 3.31. The van der Waals surface area contributed by atoms with Crippen molar-refractivity contribution in [1.29, 1.82) is 0 Å². The normalized spacial score (nSPS) is 14.6. The van der Waals surface area contributed by atoms with Gasteiger partial charge in [-0.15, -0.1) is 0 Å². The molecule has 1 aromatic carbocycles. The minimum atomic E-state index is -0.0807. The van der Waals surface area contributed by atoms with Crippen molar-refractivity contribution >= 4 is 34.8 Å². The fraction of sp³-hybridized carbons (Fsp3) is 0.385. The maximum atomic E-state index is 11.8. The summed E-state index contributed by atoms with van der Waals surface area (Å²) in [7, 11) is 0. The summed E-state index contributed by atoms with van der Waals surface area (Å²) in [6.07, 6.45) is 0.401. The average Bonchev–Trinajstić information content (AvgIpc) is 2.31. The first-order chi connectivity index (χ1) is 9.10. The molecule has 1 aromatic rings. The first-order valence-electron chi connectivity index (χ1n) is 6.21. The van der Waals surface area contributed by atoms with Gasteiger partial charge in [-0.3, -0.25) is 9.59 Å². The van der Waals surface area contributed by atoms with Gasteiger partial charge in [-0.2, -0.15) is 0 Å². The number of benzene rings is 1. The van der Waals surface area contributed by atoms with Gasteiger partial charge >= 0.3 is 0 Å². The van der Waals surface area contributed by atoms with Crippen LogP contribution in [-0.2, 0) is 9.59 Å². The Balaban J connectivity index is 2.07. The summed E-state index contributed by atoms with van der Waals surface area (Å²) in [4.78, 5) is 23.2. The monoisotopic (exact) mass is 281 g/mol. The Morgan fingerprint density at radius 3 is 2.68 bits per heavy atom. The molecule has 0 spiro atoms. The topological polar surface area (TPSA) is 70.2 Å². The van der Waals surface area contributed by atoms with E-state index >= 15 is 0 Å². The highest BCUT2D eigenvalue weighted by Gasteiger charge is 2.25. The van der Waals surface area contributed by atoms with Crippen LogP contribution in [0.25, 0.3) is 0 Å². The van der Waals surface area contributed by atoms with Gasteiger partial charge < -0.3 is 16.0 Å². The maximum Gasteiger partial charge on any atom is 0.230 e. The third-order valence-electron chi connectivity index (χ3n) is 2.98. The van der Waals surface area contributed by atoms with Crippen molar-refractivity contribution in [3.63, 3.8) is 0 Å². The molecular weight excluding hydrogens is 266 g/mol. The van der Waals surface area contributed by atoms with Gasteiger partial charge in [0.1, 0.15) is 0 Å². The summed E-state index contributed by atoms with van der Waals surface area (Å²) in [5.41, 5.74) is 1.14. The van der Waals surface area contributed by atoms with Gasteiger partial charge in [0.25, 0.3) is 0 Å². The number of anilines is 2. The molecule has 1 aliphatic rings. The second kappa shape index (κ2) is 6.04. The average molecular weight is 282 g/mol. The second-order valence-corrected chi connectivity index (χ2v) is 4.85. The van der Waals surface area contributed by atoms with Crippen LogP contribution in [0.2, 0.25) is 5.02 Å². The van der Waals surface area contributed by atoms with Gasteiger partial charge in [-0.25, -0.2) is 0 Å². The summed E-state index contributed by atoms with van der Waals surface area (Å²) in [6, 6.07) is 5.03. The molecule has 3 N–H and O–H groups in total. The lowest BCUT2D eigenvalue weighted by Crippen LogP contribution is -2.48. The largest absolute Gasteiger partial charge is 0.326 e. The summed E-state index contributed by atoms with van der Waals surface area (Å²) < 4.78 is 0. The molecule has 6 heteroatoms. The molecule has 0 bridgehead atoms. The summed E-state index contributed by atoms with van der Waals surface area (Å²) in [6.45, 7) is 3.16. The van der Waals surface area contributed by atoms with E-state index in [4.69, 9.17) is 11.6 Å². The molecule has 0 aliphatic carbocycles. The van der Waals surface area contributed by atoms with Crippen LogP contribution in [0.1, 0.15) is 13.3 Å². The SMILES string of the molecule is CCC(=O)Nc1ccc(Cl)c(NC(=O)C2CNC2)c1. The van der Waals surface area contributed by atoms with Crippen LogP contribution in [0.3, 0.4) is 0 Å². The predicted octanol–water partition coefficient (Wildman–Crippen LogP) is 1.85. The van der Waals surface area contributed by atoms with Gasteiger partial charge in [-0.1, -0.05) is 18.5 Å². The van der Waals surface area contributed by atoms with E-state index in [-0.39, 0.29) is 17.7 Å². The molecule has 0 saturated carbocycles. The van der Waals surface area contributed by atoms with E-state index in [1.807, 2.05) is 0 Å². The molecule has 1 aliphatic heterocycles. The Morgan fingerprint density at radius 1 is 1.37 bits per heavy atom. The van der Waals surface area contributed by atoms with Crippen molar-refractivity contribution in [2.45, 2.75) is 13.3 Å². The van der Waals surface area contributed by atoms with Crippen LogP contribution >= 0.6 is 11.6 Å². The molecule has 1 saturated heterocycles. The quantitative estimate of drug-likeness (QED) is 0.789. The van der Waals surface area contributed by atoms with Crippen molar-refractivity contribution in [1.82, 2.24) is 5.32 Å². The molecule has 2 amide bonds. The van der Waals surface area contributed by atoms with Crippen molar-refractivity contribution in [2.24, 2.45) is 5.92 Å². The van der Waals surface area contributed by atoms with Gasteiger partial charge in [-0.05, 0) is 18.2 Å². The second-order valence-electron chi connectivity index (χ2n) is 4.44. The zero-order valence-electron chi connectivity index (χ0n) is 10.6. The maximum absolute atomic E-state index is 11.8. The van der Waals surface area contributed by atoms with E-state index in [9.17, 15) is 9.59 Å². The molecule has 2 rings (SSSR count). The van der Waals surface area contributed by atoms with Crippen LogP contribution in [0.15, 0.2) is 18.2 Å². The predicted molar refractivity (Wildman–Crippen MR) is 75.4 cm³/mol. The minimum Gasteiger partial charge on any atom is -0.326 e. The Kier molecular flexibility index (Phi) is 4.39. The number of carbonyl (C=O) groups is 2. The van der Waals surface area contributed by atoms with Crippen LogP contribution in [-0.4, -0.2) is 24.9 Å². The number of hydrogen-bond acceptors (Lipinski definition) is 3. The fourth-order valence-corrected chi connectivity index (χ4v) is 1.82. The van der Waals surface area contributed by atoms with Crippen molar-refractivity contribution < 1.29 is 9.59 Å². The van der Waals surface area contributed by atoms with E-state index in [1.54, 1.807) is 25.1 Å². The van der Waals surface area contributed by atoms with Gasteiger partial charge in [0.15, 0.2) is 0 Å². The standard InChI is InChI=1S/C13H16ClN3O2/c1-2-12(18)16-9-3-4-10(14)11(5-9)17-13(19)8-6-15-7-8/h3-5,8,15H,2,6-7H2,1H3,(H,16,18)(H,17,19). The lowest BCUT2D eigenvalue weighted by Gasteiger charge is -2.26. The van der Waals surface area contributed by atoms with E-state index in [0.717, 1.165) is 0 Å². The highest BCUT2D eigenvalue weighted by molar-refractivity contribution is 6.33. The molecule has 0 unspecified atom stereocenters. The highest BCUT2D eigenvalue weighted by Crippen LogP contribution is 2.26. The highest BCUT2D eigenvalue weighted by atomic mass is 35.5. The van der Waals surface area contributed by atoms with E-state index in [1.165, 1.54) is 0 Å². The van der Waals surface area contributed by atoms with Crippen LogP contribution < -0.4 is 16.0 Å². The van der Waals surface area contributed by atoms with Crippen LogP contribution in [0.5, 0.6) is 0 Å². The van der Waals surface area contributed by atoms with Crippen molar-refractivity contribution in [3.8, 4) is 0 Å². The third kappa shape index (κ3) is 3.45. The van der Waals surface area contributed by atoms with E-state index in [0.29, 0.717) is 35.9 Å². The van der Waals surface area contributed by atoms with Gasteiger partial charge in [0, 0.05) is 25.2 Å². The molecule has 0 atom stereocenters. The number of halogens is 1. The summed E-state index contributed by atoms with van der Waals surface area (Å²) >= 11 is 6.03. The Hall–Kier alpha value is -1.59. The molecule has 1 heterocycles. The van der Waals surface area contributed by atoms with Crippen LogP contribution in [0.4, 0.5) is 11.4 Å². The molecular formula is C13H16ClN3O2. The molecule has 19 heavy (non-hydrogen) atoms. The first kappa shape index (κ1) is 13.8. The smallest absolute Gasteiger partial charge is 0.230 e. The molecule has 5 nitrogen and oxygen atoms in total. The Bertz CT molecular complexity index is 501. The van der Waals surface area contributed by atoms with E-state index in [2.05, 4.69) is 16.0 Å². The number of rotatable bonds is 4. The molecule has 0 aromatic heterocycles. The van der Waals surface area contributed by atoms with Gasteiger partial charge in [0.2, 0.25) is 11.8 Å². The fourth-order valence-electron chi connectivity index (χ4n) is 1.66. The number of carbonyl (C=O) groups excluding carboxylic acids is 2.